The fraction of sp³-hybridized carbons (Fsp3) is 0.286. The number of β-lactam (4-membered cyclic amide) rings is 1. The van der Waals surface area contributed by atoms with Gasteiger partial charge >= 0.3 is 5.30 Å². The summed E-state index contributed by atoms with van der Waals surface area (Å²) in [6.45, 7) is -0.0549. The Morgan fingerprint density at radius 2 is 2.12 bits per heavy atom. The first-order valence-electron chi connectivity index (χ1n) is 6.95. The van der Waals surface area contributed by atoms with Gasteiger partial charge in [0.15, 0.2) is 17.6 Å². The van der Waals surface area contributed by atoms with Crippen molar-refractivity contribution in [2.45, 2.75) is 18.0 Å². The molecular formula is C14H14N3O6S+. The lowest BCUT2D eigenvalue weighted by molar-refractivity contribution is -0.384. The predicted octanol–water partition coefficient (Wildman–Crippen LogP) is 0.758. The van der Waals surface area contributed by atoms with Gasteiger partial charge in [0.1, 0.15) is 17.5 Å². The second kappa shape index (κ2) is 6.13. The van der Waals surface area contributed by atoms with E-state index in [4.69, 9.17) is 10.5 Å². The molecular weight excluding hydrogens is 338 g/mol. The van der Waals surface area contributed by atoms with Gasteiger partial charge in [-0.15, -0.1) is 0 Å². The largest absolute Gasteiger partial charge is 0.528 e. The van der Waals surface area contributed by atoms with E-state index in [0.29, 0.717) is 5.56 Å². The summed E-state index contributed by atoms with van der Waals surface area (Å²) in [6.07, 6.45) is 1.30. The van der Waals surface area contributed by atoms with E-state index in [1.165, 1.54) is 35.4 Å². The lowest BCUT2D eigenvalue weighted by atomic mass is 10.1. The number of nitro groups is 1. The van der Waals surface area contributed by atoms with Gasteiger partial charge in [-0.05, 0) is 17.7 Å². The number of hydrogen-bond acceptors (Lipinski definition) is 7. The van der Waals surface area contributed by atoms with Crippen molar-refractivity contribution in [1.82, 2.24) is 4.90 Å². The highest BCUT2D eigenvalue weighted by Crippen LogP contribution is 2.32. The first kappa shape index (κ1) is 16.3. The van der Waals surface area contributed by atoms with Crippen LogP contribution < -0.4 is 5.73 Å². The summed E-state index contributed by atoms with van der Waals surface area (Å²) in [5, 5.41) is 19.2. The number of nitro benzene ring substituents is 1. The topological polar surface area (TPSA) is 136 Å². The van der Waals surface area contributed by atoms with E-state index in [-0.39, 0.29) is 29.7 Å². The molecule has 2 aliphatic rings. The summed E-state index contributed by atoms with van der Waals surface area (Å²) in [6, 6.07) is 4.87. The fourth-order valence-corrected chi connectivity index (χ4v) is 4.49. The number of carbonyl (C=O) groups is 2. The molecule has 24 heavy (non-hydrogen) atoms. The SMILES string of the molecule is NC1C(=O)N2C=C(O)C[S+](C(=O)OCc3ccc([N+](=O)[O-])cc3)[C@H]12. The molecule has 3 rings (SSSR count). The zero-order chi connectivity index (χ0) is 17.4. The van der Waals surface area contributed by atoms with E-state index in [1.54, 1.807) is 0 Å². The summed E-state index contributed by atoms with van der Waals surface area (Å²) in [7, 11) is -1.05. The third kappa shape index (κ3) is 2.81. The van der Waals surface area contributed by atoms with E-state index >= 15 is 0 Å². The molecule has 0 saturated carbocycles. The van der Waals surface area contributed by atoms with Gasteiger partial charge in [0.25, 0.3) is 11.6 Å². The van der Waals surface area contributed by atoms with Crippen LogP contribution in [0.4, 0.5) is 10.5 Å². The van der Waals surface area contributed by atoms with Crippen LogP contribution in [0.2, 0.25) is 0 Å². The lowest BCUT2D eigenvalue weighted by Crippen LogP contribution is -2.71. The van der Waals surface area contributed by atoms with Gasteiger partial charge in [0.05, 0.1) is 11.1 Å². The normalized spacial score (nSPS) is 25.4. The standard InChI is InChI=1S/C14H13N3O6S/c15-11-12(19)16-5-10(18)7-24(13(11)16)14(20)23-6-8-1-3-9(4-2-8)17(21)22/h1-5,11,13H,6-7,15H2/p+1/t11?,13-,24?/m1/s1. The maximum atomic E-state index is 12.3. The number of aliphatic hydroxyl groups excluding tert-OH is 1. The molecule has 1 saturated heterocycles. The summed E-state index contributed by atoms with van der Waals surface area (Å²) in [4.78, 5) is 35.2. The Morgan fingerprint density at radius 3 is 2.75 bits per heavy atom. The molecule has 0 aliphatic carbocycles. The summed E-state index contributed by atoms with van der Waals surface area (Å²) in [5.74, 6) is -0.324. The van der Waals surface area contributed by atoms with Crippen molar-refractivity contribution in [2.24, 2.45) is 5.73 Å². The van der Waals surface area contributed by atoms with Gasteiger partial charge in [-0.1, -0.05) is 0 Å². The van der Waals surface area contributed by atoms with E-state index in [9.17, 15) is 24.8 Å². The lowest BCUT2D eigenvalue weighted by Gasteiger charge is -2.41. The van der Waals surface area contributed by atoms with E-state index in [2.05, 4.69) is 0 Å². The molecule has 1 aromatic rings. The second-order valence-corrected chi connectivity index (χ2v) is 7.28. The van der Waals surface area contributed by atoms with Crippen LogP contribution in [0.5, 0.6) is 0 Å². The Balaban J connectivity index is 1.63. The first-order valence-corrected chi connectivity index (χ1v) is 8.41. The highest BCUT2D eigenvalue weighted by Gasteiger charge is 2.61. The van der Waals surface area contributed by atoms with Crippen LogP contribution in [0.3, 0.4) is 0 Å². The van der Waals surface area contributed by atoms with Crippen molar-refractivity contribution in [1.29, 1.82) is 0 Å². The zero-order valence-corrected chi connectivity index (χ0v) is 13.1. The smallest absolute Gasteiger partial charge is 0.506 e. The van der Waals surface area contributed by atoms with Crippen LogP contribution >= 0.6 is 0 Å². The Hall–Kier alpha value is -2.59. The number of nitrogens with zero attached hydrogens (tertiary/aromatic N) is 2. The maximum absolute atomic E-state index is 12.3. The fourth-order valence-electron chi connectivity index (χ4n) is 2.49. The number of benzene rings is 1. The molecule has 2 aliphatic heterocycles. The monoisotopic (exact) mass is 352 g/mol. The molecule has 0 spiro atoms. The van der Waals surface area contributed by atoms with Crippen LogP contribution in [-0.2, 0) is 27.0 Å². The average molecular weight is 352 g/mol. The number of non-ortho nitro benzene ring substituents is 1. The second-order valence-electron chi connectivity index (χ2n) is 5.32. The van der Waals surface area contributed by atoms with Crippen LogP contribution in [0.25, 0.3) is 0 Å². The van der Waals surface area contributed by atoms with Crippen LogP contribution in [0.15, 0.2) is 36.2 Å². The van der Waals surface area contributed by atoms with Gasteiger partial charge < -0.3 is 15.6 Å². The molecule has 0 radical (unpaired) electrons. The highest BCUT2D eigenvalue weighted by atomic mass is 32.2. The quantitative estimate of drug-likeness (QED) is 0.269. The molecule has 1 aromatic carbocycles. The number of aliphatic hydroxyl groups is 1. The molecule has 2 unspecified atom stereocenters. The van der Waals surface area contributed by atoms with Crippen molar-refractivity contribution in [3.05, 3.63) is 51.9 Å². The minimum Gasteiger partial charge on any atom is -0.506 e. The van der Waals surface area contributed by atoms with Crippen molar-refractivity contribution >= 4 is 27.8 Å². The van der Waals surface area contributed by atoms with Crippen molar-refractivity contribution in [3.8, 4) is 0 Å². The predicted molar refractivity (Wildman–Crippen MR) is 84.8 cm³/mol. The molecule has 10 heteroatoms. The number of carbonyl (C=O) groups excluding carboxylic acids is 2. The molecule has 1 fully saturated rings. The van der Waals surface area contributed by atoms with E-state index < -0.39 is 32.5 Å². The van der Waals surface area contributed by atoms with Gasteiger partial charge in [-0.2, -0.15) is 4.79 Å². The van der Waals surface area contributed by atoms with Gasteiger partial charge in [0.2, 0.25) is 5.37 Å². The van der Waals surface area contributed by atoms with Crippen LogP contribution in [-0.4, -0.2) is 43.3 Å². The molecule has 0 aromatic heterocycles. The van der Waals surface area contributed by atoms with E-state index in [0.717, 1.165) is 0 Å². The van der Waals surface area contributed by atoms with Gasteiger partial charge in [-0.3, -0.25) is 19.8 Å². The van der Waals surface area contributed by atoms with Crippen LogP contribution in [0.1, 0.15) is 5.56 Å². The molecule has 3 N–H and O–H groups in total. The third-order valence-corrected chi connectivity index (χ3v) is 5.98. The van der Waals surface area contributed by atoms with Crippen molar-refractivity contribution in [2.75, 3.05) is 5.75 Å². The van der Waals surface area contributed by atoms with Crippen molar-refractivity contribution < 1.29 is 24.4 Å². The number of fused-ring (bicyclic) bond motifs is 1. The number of hydrogen-bond donors (Lipinski definition) is 2. The molecule has 3 atom stereocenters. The third-order valence-electron chi connectivity index (χ3n) is 3.72. The number of amides is 1. The summed E-state index contributed by atoms with van der Waals surface area (Å²) >= 11 is 0. The Bertz CT molecular complexity index is 735. The summed E-state index contributed by atoms with van der Waals surface area (Å²) < 4.78 is 5.22. The molecule has 1 amide bonds. The minimum absolute atomic E-state index is 0.0520. The number of nitrogens with two attached hydrogens (primary N) is 1. The zero-order valence-electron chi connectivity index (χ0n) is 12.3. The maximum Gasteiger partial charge on any atom is 0.528 e. The molecule has 2 heterocycles. The van der Waals surface area contributed by atoms with Crippen molar-refractivity contribution in [3.63, 3.8) is 0 Å². The van der Waals surface area contributed by atoms with Gasteiger partial charge in [-0.25, -0.2) is 0 Å². The van der Waals surface area contributed by atoms with E-state index in [1.807, 2.05) is 0 Å². The Labute approximate surface area is 139 Å². The molecule has 0 bridgehead atoms. The highest BCUT2D eigenvalue weighted by molar-refractivity contribution is 8.11. The first-order chi connectivity index (χ1) is 11.4. The number of rotatable bonds is 3. The van der Waals surface area contributed by atoms with Gasteiger partial charge in [0, 0.05) is 12.1 Å². The summed E-state index contributed by atoms with van der Waals surface area (Å²) in [5.41, 5.74) is 6.28. The van der Waals surface area contributed by atoms with Crippen LogP contribution in [0, 0.1) is 10.1 Å². The molecule has 9 nitrogen and oxygen atoms in total. The number of ether oxygens (including phenoxy) is 1. The minimum atomic E-state index is -1.05. The molecule has 126 valence electrons. The Morgan fingerprint density at radius 1 is 1.46 bits per heavy atom. The average Bonchev–Trinajstić information content (AvgIpc) is 2.58. The Kier molecular flexibility index (Phi) is 4.16.